The number of rotatable bonds is 4. The van der Waals surface area contributed by atoms with Gasteiger partial charge in [-0.15, -0.1) is 24.0 Å². The third-order valence-electron chi connectivity index (χ3n) is 4.46. The number of aliphatic imine (C=N–C) groups is 1. The first-order valence-electron chi connectivity index (χ1n) is 8.87. The van der Waals surface area contributed by atoms with E-state index in [0.717, 1.165) is 49.1 Å². The Kier molecular flexibility index (Phi) is 6.80. The molecule has 2 aromatic heterocycles. The molecule has 0 bridgehead atoms. The van der Waals surface area contributed by atoms with Gasteiger partial charge in [0.05, 0.1) is 6.54 Å². The second-order valence-electron chi connectivity index (χ2n) is 6.25. The highest BCUT2D eigenvalue weighted by molar-refractivity contribution is 14.0. The SMILES string of the molecule is I.NC(=NCc1cc(-c2ccccc2)on1)N1CCN(c2ncccn2)CC1. The lowest BCUT2D eigenvalue weighted by molar-refractivity contribution is 0.377. The summed E-state index contributed by atoms with van der Waals surface area (Å²) in [5.41, 5.74) is 7.92. The molecular weight excluding hydrogens is 469 g/mol. The number of hydrogen-bond acceptors (Lipinski definition) is 6. The summed E-state index contributed by atoms with van der Waals surface area (Å²) in [6, 6.07) is 13.6. The Morgan fingerprint density at radius 1 is 1.04 bits per heavy atom. The lowest BCUT2D eigenvalue weighted by Gasteiger charge is -2.35. The highest BCUT2D eigenvalue weighted by Gasteiger charge is 2.20. The average molecular weight is 491 g/mol. The summed E-state index contributed by atoms with van der Waals surface area (Å²) >= 11 is 0. The molecule has 1 saturated heterocycles. The van der Waals surface area contributed by atoms with Crippen molar-refractivity contribution >= 4 is 35.9 Å². The van der Waals surface area contributed by atoms with E-state index < -0.39 is 0 Å². The molecule has 0 atom stereocenters. The highest BCUT2D eigenvalue weighted by Crippen LogP contribution is 2.20. The molecule has 0 saturated carbocycles. The topological polar surface area (TPSA) is 96.7 Å². The van der Waals surface area contributed by atoms with E-state index in [-0.39, 0.29) is 24.0 Å². The number of nitrogens with zero attached hydrogens (tertiary/aromatic N) is 6. The van der Waals surface area contributed by atoms with Crippen molar-refractivity contribution in [3.05, 3.63) is 60.6 Å². The molecule has 9 heteroatoms. The van der Waals surface area contributed by atoms with E-state index in [9.17, 15) is 0 Å². The third-order valence-corrected chi connectivity index (χ3v) is 4.46. The van der Waals surface area contributed by atoms with Gasteiger partial charge in [-0.2, -0.15) is 0 Å². The molecule has 4 rings (SSSR count). The zero-order valence-corrected chi connectivity index (χ0v) is 17.6. The van der Waals surface area contributed by atoms with Crippen molar-refractivity contribution in [2.24, 2.45) is 10.7 Å². The molecule has 146 valence electrons. The van der Waals surface area contributed by atoms with Crippen LogP contribution in [0.5, 0.6) is 0 Å². The van der Waals surface area contributed by atoms with Crippen molar-refractivity contribution in [2.45, 2.75) is 6.54 Å². The molecule has 0 unspecified atom stereocenters. The predicted molar refractivity (Wildman–Crippen MR) is 118 cm³/mol. The first kappa shape index (κ1) is 20.1. The molecule has 1 aliphatic rings. The average Bonchev–Trinajstić information content (AvgIpc) is 3.22. The van der Waals surface area contributed by atoms with E-state index in [1.165, 1.54) is 0 Å². The Labute approximate surface area is 180 Å². The summed E-state index contributed by atoms with van der Waals surface area (Å²) in [5.74, 6) is 2.01. The Hall–Kier alpha value is -2.69. The van der Waals surface area contributed by atoms with Crippen molar-refractivity contribution < 1.29 is 4.52 Å². The second kappa shape index (κ2) is 9.49. The molecular formula is C19H22IN7O. The number of guanidine groups is 1. The molecule has 1 aromatic carbocycles. The van der Waals surface area contributed by atoms with Gasteiger partial charge in [0.2, 0.25) is 5.95 Å². The molecule has 3 aromatic rings. The maximum atomic E-state index is 6.17. The van der Waals surface area contributed by atoms with Crippen LogP contribution in [-0.2, 0) is 6.54 Å². The van der Waals surface area contributed by atoms with Crippen LogP contribution in [-0.4, -0.2) is 52.2 Å². The van der Waals surface area contributed by atoms with Gasteiger partial charge >= 0.3 is 0 Å². The molecule has 0 spiro atoms. The lowest BCUT2D eigenvalue weighted by Crippen LogP contribution is -2.51. The van der Waals surface area contributed by atoms with E-state index in [2.05, 4.69) is 29.9 Å². The Bertz CT molecular complexity index is 893. The van der Waals surface area contributed by atoms with Gasteiger partial charge < -0.3 is 20.1 Å². The Balaban J connectivity index is 0.00000225. The number of piperazine rings is 1. The van der Waals surface area contributed by atoms with Crippen LogP contribution in [0.2, 0.25) is 0 Å². The molecule has 0 aliphatic carbocycles. The van der Waals surface area contributed by atoms with Crippen LogP contribution in [0.3, 0.4) is 0 Å². The maximum Gasteiger partial charge on any atom is 0.225 e. The number of anilines is 1. The van der Waals surface area contributed by atoms with Crippen LogP contribution < -0.4 is 10.6 Å². The first-order valence-corrected chi connectivity index (χ1v) is 8.87. The molecule has 2 N–H and O–H groups in total. The molecule has 3 heterocycles. The standard InChI is InChI=1S/C19H21N7O.HI/c20-18(25-9-11-26(12-10-25)19-21-7-4-8-22-19)23-14-16-13-17(27-24-16)15-5-2-1-3-6-15;/h1-8,13H,9-12,14H2,(H2,20,23);1H. The summed E-state index contributed by atoms with van der Waals surface area (Å²) in [4.78, 5) is 17.3. The van der Waals surface area contributed by atoms with E-state index in [1.54, 1.807) is 12.4 Å². The zero-order valence-electron chi connectivity index (χ0n) is 15.3. The first-order chi connectivity index (χ1) is 13.3. The minimum absolute atomic E-state index is 0. The van der Waals surface area contributed by atoms with Crippen molar-refractivity contribution in [3.63, 3.8) is 0 Å². The van der Waals surface area contributed by atoms with Gasteiger partial charge in [-0.05, 0) is 6.07 Å². The number of hydrogen-bond donors (Lipinski definition) is 1. The molecule has 0 radical (unpaired) electrons. The number of nitrogens with two attached hydrogens (primary N) is 1. The van der Waals surface area contributed by atoms with Crippen LogP contribution in [0.25, 0.3) is 11.3 Å². The van der Waals surface area contributed by atoms with E-state index in [0.29, 0.717) is 12.5 Å². The normalized spacial score (nSPS) is 14.6. The summed E-state index contributed by atoms with van der Waals surface area (Å²) in [5, 5.41) is 4.08. The van der Waals surface area contributed by atoms with Gasteiger partial charge in [-0.3, -0.25) is 0 Å². The van der Waals surface area contributed by atoms with Crippen LogP contribution in [0, 0.1) is 0 Å². The zero-order chi connectivity index (χ0) is 18.5. The van der Waals surface area contributed by atoms with Crippen LogP contribution in [0.15, 0.2) is 64.4 Å². The van der Waals surface area contributed by atoms with Gasteiger partial charge in [0.15, 0.2) is 11.7 Å². The Morgan fingerprint density at radius 2 is 1.75 bits per heavy atom. The minimum Gasteiger partial charge on any atom is -0.370 e. The van der Waals surface area contributed by atoms with E-state index in [4.69, 9.17) is 10.3 Å². The van der Waals surface area contributed by atoms with Crippen LogP contribution in [0.4, 0.5) is 5.95 Å². The van der Waals surface area contributed by atoms with Gasteiger partial charge in [0, 0.05) is 50.2 Å². The second-order valence-corrected chi connectivity index (χ2v) is 6.25. The lowest BCUT2D eigenvalue weighted by atomic mass is 10.2. The quantitative estimate of drug-likeness (QED) is 0.340. The predicted octanol–water partition coefficient (Wildman–Crippen LogP) is 2.39. The summed E-state index contributed by atoms with van der Waals surface area (Å²) in [6.07, 6.45) is 3.51. The largest absolute Gasteiger partial charge is 0.370 e. The van der Waals surface area contributed by atoms with Crippen molar-refractivity contribution in [3.8, 4) is 11.3 Å². The minimum atomic E-state index is 0. The summed E-state index contributed by atoms with van der Waals surface area (Å²) in [6.45, 7) is 3.57. The fraction of sp³-hybridized carbons (Fsp3) is 0.263. The third kappa shape index (κ3) is 4.77. The fourth-order valence-corrected chi connectivity index (χ4v) is 2.98. The number of benzene rings is 1. The fourth-order valence-electron chi connectivity index (χ4n) is 2.98. The maximum absolute atomic E-state index is 6.17. The van der Waals surface area contributed by atoms with Crippen LogP contribution >= 0.6 is 24.0 Å². The van der Waals surface area contributed by atoms with Gasteiger partial charge in [0.1, 0.15) is 5.69 Å². The summed E-state index contributed by atoms with van der Waals surface area (Å²) in [7, 11) is 0. The Morgan fingerprint density at radius 3 is 2.46 bits per heavy atom. The molecule has 28 heavy (non-hydrogen) atoms. The van der Waals surface area contributed by atoms with Crippen molar-refractivity contribution in [1.82, 2.24) is 20.0 Å². The highest BCUT2D eigenvalue weighted by atomic mass is 127. The number of halogens is 1. The van der Waals surface area contributed by atoms with Gasteiger partial charge in [0.25, 0.3) is 0 Å². The van der Waals surface area contributed by atoms with E-state index >= 15 is 0 Å². The van der Waals surface area contributed by atoms with Gasteiger partial charge in [-0.25, -0.2) is 15.0 Å². The van der Waals surface area contributed by atoms with Crippen molar-refractivity contribution in [1.29, 1.82) is 0 Å². The van der Waals surface area contributed by atoms with E-state index in [1.807, 2.05) is 42.5 Å². The molecule has 1 aliphatic heterocycles. The molecule has 1 fully saturated rings. The van der Waals surface area contributed by atoms with Gasteiger partial charge in [-0.1, -0.05) is 35.5 Å². The van der Waals surface area contributed by atoms with Crippen LogP contribution in [0.1, 0.15) is 5.69 Å². The van der Waals surface area contributed by atoms with Crippen molar-refractivity contribution in [2.75, 3.05) is 31.1 Å². The summed E-state index contributed by atoms with van der Waals surface area (Å²) < 4.78 is 5.40. The number of aromatic nitrogens is 3. The smallest absolute Gasteiger partial charge is 0.225 e. The molecule has 0 amide bonds. The molecule has 8 nitrogen and oxygen atoms in total. The monoisotopic (exact) mass is 491 g/mol.